The van der Waals surface area contributed by atoms with Gasteiger partial charge in [0.2, 0.25) is 11.8 Å². The Bertz CT molecular complexity index is 908. The third-order valence-corrected chi connectivity index (χ3v) is 5.91. The van der Waals surface area contributed by atoms with Gasteiger partial charge in [-0.3, -0.25) is 14.4 Å². The van der Waals surface area contributed by atoms with Crippen LogP contribution in [0, 0.1) is 6.92 Å². The maximum absolute atomic E-state index is 12.5. The van der Waals surface area contributed by atoms with E-state index in [1.807, 2.05) is 23.1 Å². The van der Waals surface area contributed by atoms with Gasteiger partial charge in [0.05, 0.1) is 11.0 Å². The van der Waals surface area contributed by atoms with E-state index in [2.05, 4.69) is 15.8 Å². The van der Waals surface area contributed by atoms with Crippen LogP contribution in [0.4, 0.5) is 5.82 Å². The Balaban J connectivity index is 1.42. The van der Waals surface area contributed by atoms with Crippen molar-refractivity contribution in [1.29, 1.82) is 0 Å². The van der Waals surface area contributed by atoms with Crippen LogP contribution in [0.15, 0.2) is 34.9 Å². The number of likely N-dealkylation sites (tertiary alicyclic amines) is 1. The molecule has 1 aliphatic heterocycles. The van der Waals surface area contributed by atoms with Gasteiger partial charge in [-0.05, 0) is 44.4 Å². The zero-order valence-corrected chi connectivity index (χ0v) is 18.0. The first kappa shape index (κ1) is 21.9. The van der Waals surface area contributed by atoms with Crippen molar-refractivity contribution < 1.29 is 18.9 Å². The highest BCUT2D eigenvalue weighted by Crippen LogP contribution is 2.16. The van der Waals surface area contributed by atoms with Crippen molar-refractivity contribution in [2.45, 2.75) is 38.5 Å². The lowest BCUT2D eigenvalue weighted by atomic mass is 10.1. The minimum Gasteiger partial charge on any atom is -0.360 e. The van der Waals surface area contributed by atoms with Crippen molar-refractivity contribution >= 4 is 35.3 Å². The Morgan fingerprint density at radius 1 is 1.23 bits per heavy atom. The molecule has 2 aromatic rings. The predicted octanol–water partition coefficient (Wildman–Crippen LogP) is 2.60. The molecule has 1 unspecified atom stereocenters. The Labute approximate surface area is 179 Å². The second-order valence-electron chi connectivity index (χ2n) is 7.24. The molecule has 0 saturated carbocycles. The number of nitrogens with zero attached hydrogens (tertiary/aromatic N) is 2. The Kier molecular flexibility index (Phi) is 7.51. The molecule has 1 aromatic heterocycles. The van der Waals surface area contributed by atoms with E-state index in [1.165, 1.54) is 11.8 Å². The highest BCUT2D eigenvalue weighted by atomic mass is 32.2. The van der Waals surface area contributed by atoms with Crippen molar-refractivity contribution in [3.05, 3.63) is 47.2 Å². The normalized spacial score (nSPS) is 14.4. The van der Waals surface area contributed by atoms with E-state index >= 15 is 0 Å². The molecule has 2 N–H and O–H groups in total. The summed E-state index contributed by atoms with van der Waals surface area (Å²) in [6, 6.07) is 8.97. The maximum atomic E-state index is 12.5. The van der Waals surface area contributed by atoms with Crippen LogP contribution in [0.3, 0.4) is 0 Å². The highest BCUT2D eigenvalue weighted by Gasteiger charge is 2.20. The maximum Gasteiger partial charge on any atom is 0.253 e. The fourth-order valence-electron chi connectivity index (χ4n) is 3.10. The average molecular weight is 431 g/mol. The lowest BCUT2D eigenvalue weighted by molar-refractivity contribution is -0.118. The second-order valence-corrected chi connectivity index (χ2v) is 8.57. The Morgan fingerprint density at radius 3 is 2.70 bits per heavy atom. The smallest absolute Gasteiger partial charge is 0.253 e. The topological polar surface area (TPSA) is 105 Å². The summed E-state index contributed by atoms with van der Waals surface area (Å²) in [7, 11) is 0. The van der Waals surface area contributed by atoms with Crippen LogP contribution in [0.2, 0.25) is 0 Å². The van der Waals surface area contributed by atoms with Crippen molar-refractivity contribution in [2.75, 3.05) is 24.2 Å². The predicted molar refractivity (Wildman–Crippen MR) is 115 cm³/mol. The first-order valence-corrected chi connectivity index (χ1v) is 11.0. The highest BCUT2D eigenvalue weighted by molar-refractivity contribution is 8.01. The van der Waals surface area contributed by atoms with Crippen LogP contribution >= 0.6 is 11.8 Å². The van der Waals surface area contributed by atoms with Gasteiger partial charge in [-0.1, -0.05) is 17.3 Å². The number of nitrogens with one attached hydrogen (secondary N) is 2. The third-order valence-electron chi connectivity index (χ3n) is 4.77. The molecule has 1 fully saturated rings. The Morgan fingerprint density at radius 2 is 2.00 bits per heavy atom. The molecule has 2 heterocycles. The van der Waals surface area contributed by atoms with E-state index in [0.29, 0.717) is 23.7 Å². The van der Waals surface area contributed by atoms with E-state index in [4.69, 9.17) is 4.52 Å². The number of hydrogen-bond donors (Lipinski definition) is 2. The number of benzene rings is 1. The van der Waals surface area contributed by atoms with Gasteiger partial charge in [0.15, 0.2) is 5.82 Å². The van der Waals surface area contributed by atoms with Crippen molar-refractivity contribution in [2.24, 2.45) is 0 Å². The summed E-state index contributed by atoms with van der Waals surface area (Å²) in [4.78, 5) is 38.7. The van der Waals surface area contributed by atoms with E-state index < -0.39 is 5.25 Å². The number of rotatable bonds is 8. The number of anilines is 1. The summed E-state index contributed by atoms with van der Waals surface area (Å²) in [6.45, 7) is 5.41. The average Bonchev–Trinajstić information content (AvgIpc) is 3.42. The molecule has 1 saturated heterocycles. The molecule has 0 bridgehead atoms. The molecule has 9 heteroatoms. The van der Waals surface area contributed by atoms with Crippen LogP contribution in [-0.2, 0) is 16.1 Å². The first-order valence-electron chi connectivity index (χ1n) is 9.93. The standard InChI is InChI=1S/C21H26N4O4S/c1-14-10-18(24-29-14)23-20(27)15(2)30-13-19(26)22-12-16-6-5-7-17(11-16)21(28)25-8-3-4-9-25/h5-7,10-11,15H,3-4,8-9,12-13H2,1-2H3,(H,22,26)(H,23,24,27). The molecule has 1 atom stereocenters. The third kappa shape index (κ3) is 6.09. The molecule has 0 spiro atoms. The van der Waals surface area contributed by atoms with Crippen LogP contribution < -0.4 is 10.6 Å². The number of carbonyl (C=O) groups excluding carboxylic acids is 3. The fraction of sp³-hybridized carbons (Fsp3) is 0.429. The second kappa shape index (κ2) is 10.3. The van der Waals surface area contributed by atoms with Gasteiger partial charge in [-0.2, -0.15) is 0 Å². The number of carbonyl (C=O) groups is 3. The summed E-state index contributed by atoms with van der Waals surface area (Å²) in [6.07, 6.45) is 2.10. The number of aromatic nitrogens is 1. The van der Waals surface area contributed by atoms with Gasteiger partial charge >= 0.3 is 0 Å². The van der Waals surface area contributed by atoms with Crippen LogP contribution in [-0.4, -0.2) is 51.9 Å². The molecule has 8 nitrogen and oxygen atoms in total. The summed E-state index contributed by atoms with van der Waals surface area (Å²) in [5.41, 5.74) is 1.51. The quantitative estimate of drug-likeness (QED) is 0.667. The molecular weight excluding hydrogens is 404 g/mol. The number of aryl methyl sites for hydroxylation is 1. The van der Waals surface area contributed by atoms with Crippen molar-refractivity contribution in [3.8, 4) is 0 Å². The van der Waals surface area contributed by atoms with Crippen LogP contribution in [0.1, 0.15) is 41.4 Å². The van der Waals surface area contributed by atoms with Gasteiger partial charge < -0.3 is 20.1 Å². The van der Waals surface area contributed by atoms with E-state index in [1.54, 1.807) is 26.0 Å². The summed E-state index contributed by atoms with van der Waals surface area (Å²) in [5, 5.41) is 8.79. The van der Waals surface area contributed by atoms with Gasteiger partial charge in [-0.25, -0.2) is 0 Å². The lowest BCUT2D eigenvalue weighted by Gasteiger charge is -2.16. The molecule has 0 radical (unpaired) electrons. The fourth-order valence-corrected chi connectivity index (χ4v) is 3.81. The largest absolute Gasteiger partial charge is 0.360 e. The molecular formula is C21H26N4O4S. The molecule has 1 aliphatic rings. The minimum atomic E-state index is -0.422. The molecule has 3 rings (SSSR count). The molecule has 0 aliphatic carbocycles. The van der Waals surface area contributed by atoms with Crippen molar-refractivity contribution in [3.63, 3.8) is 0 Å². The van der Waals surface area contributed by atoms with Crippen molar-refractivity contribution in [1.82, 2.24) is 15.4 Å². The molecule has 1 aromatic carbocycles. The van der Waals surface area contributed by atoms with Crippen LogP contribution in [0.5, 0.6) is 0 Å². The minimum absolute atomic E-state index is 0.0402. The SMILES string of the molecule is Cc1cc(NC(=O)C(C)SCC(=O)NCc2cccc(C(=O)N3CCCC3)c2)no1. The van der Waals surface area contributed by atoms with E-state index in [0.717, 1.165) is 31.5 Å². The lowest BCUT2D eigenvalue weighted by Crippen LogP contribution is -2.29. The monoisotopic (exact) mass is 430 g/mol. The molecule has 3 amide bonds. The first-order chi connectivity index (χ1) is 14.4. The number of thioether (sulfide) groups is 1. The summed E-state index contributed by atoms with van der Waals surface area (Å²) < 4.78 is 4.91. The summed E-state index contributed by atoms with van der Waals surface area (Å²) >= 11 is 1.24. The van der Waals surface area contributed by atoms with Gasteiger partial charge in [-0.15, -0.1) is 11.8 Å². The molecule has 160 valence electrons. The van der Waals surface area contributed by atoms with Gasteiger partial charge in [0.25, 0.3) is 5.91 Å². The number of hydrogen-bond acceptors (Lipinski definition) is 6. The number of amides is 3. The zero-order valence-electron chi connectivity index (χ0n) is 17.1. The van der Waals surface area contributed by atoms with E-state index in [9.17, 15) is 14.4 Å². The summed E-state index contributed by atoms with van der Waals surface area (Å²) in [5.74, 6) is 0.744. The molecule has 30 heavy (non-hydrogen) atoms. The van der Waals surface area contributed by atoms with Crippen LogP contribution in [0.25, 0.3) is 0 Å². The van der Waals surface area contributed by atoms with Gasteiger partial charge in [0.1, 0.15) is 5.76 Å². The zero-order chi connectivity index (χ0) is 21.5. The van der Waals surface area contributed by atoms with E-state index in [-0.39, 0.29) is 23.5 Å². The Hall–Kier alpha value is -2.81. The van der Waals surface area contributed by atoms with Gasteiger partial charge in [0, 0.05) is 31.3 Å².